The number of hydrogen-bond acceptors (Lipinski definition) is 6. The van der Waals surface area contributed by atoms with Crippen LogP contribution < -0.4 is 9.97 Å². The zero-order valence-electron chi connectivity index (χ0n) is 26.0. The van der Waals surface area contributed by atoms with Gasteiger partial charge in [0, 0.05) is 23.3 Å². The number of carboxylic acids is 2. The van der Waals surface area contributed by atoms with E-state index in [0.717, 1.165) is 67.0 Å². The third-order valence-electron chi connectivity index (χ3n) is 8.49. The molecule has 3 aromatic heterocycles. The molecular weight excluding hydrogens is 648 g/mol. The second-order valence-corrected chi connectivity index (χ2v) is 13.1. The number of aromatic nitrogens is 4. The van der Waals surface area contributed by atoms with Gasteiger partial charge in [0.05, 0.1) is 22.8 Å². The van der Waals surface area contributed by atoms with Gasteiger partial charge in [-0.3, -0.25) is 9.59 Å². The molecule has 0 saturated carbocycles. The number of carboxylic acid groups (broad SMARTS) is 2. The molecule has 8 bridgehead atoms. The van der Waals surface area contributed by atoms with Crippen LogP contribution in [0.5, 0.6) is 0 Å². The van der Waals surface area contributed by atoms with Crippen LogP contribution in [0.3, 0.4) is 0 Å². The first-order valence-corrected chi connectivity index (χ1v) is 15.6. The zero-order valence-corrected chi connectivity index (χ0v) is 28.9. The first-order chi connectivity index (χ1) is 20.8. The van der Waals surface area contributed by atoms with Crippen LogP contribution in [0.4, 0.5) is 0 Å². The van der Waals surface area contributed by atoms with E-state index >= 15 is 0 Å². The largest absolute Gasteiger partial charge is 2.00 e. The maximum atomic E-state index is 11.6. The summed E-state index contributed by atoms with van der Waals surface area (Å²) in [6.07, 6.45) is 0.495. The summed E-state index contributed by atoms with van der Waals surface area (Å²) < 4.78 is 0. The predicted molar refractivity (Wildman–Crippen MR) is 182 cm³/mol. The standard InChI is InChI=1S/C34H38N4O4S2.Fe/c1-15-21(7-9-31(39)40)27-14-28-22(8-10-32(41)42)16(2)24(36-28)12-29-34(20(6)44)18(4)26(38-29)13-30-33(19(5)43)17(3)25(37-30)11-23(15)35-27;/h11-14,19-20H,7-10H2,1-6H3,(H6,35,36,37,38,39,40,41,42,43,44);/q;+2/p-2/t19-,20+;/m1./s1. The SMILES string of the molecule is CC1=C(CCC(=O)O)c2cc3[n-]c(cc4nc(cc5[n-]c(cc1n2)c([C@H](C)S)c5C)C([C@@H](C)S)=C4C)c(C)c3CCC(=O)O.[Fe+2]. The summed E-state index contributed by atoms with van der Waals surface area (Å²) in [7, 11) is 0. The van der Waals surface area contributed by atoms with Crippen LogP contribution in [0.25, 0.3) is 44.4 Å². The Bertz CT molecular complexity index is 1940. The van der Waals surface area contributed by atoms with Crippen molar-refractivity contribution < 1.29 is 36.9 Å². The van der Waals surface area contributed by atoms with Crippen molar-refractivity contribution in [1.82, 2.24) is 19.9 Å². The van der Waals surface area contributed by atoms with Gasteiger partial charge in [-0.25, -0.2) is 9.97 Å². The van der Waals surface area contributed by atoms with Gasteiger partial charge in [0.15, 0.2) is 0 Å². The Morgan fingerprint density at radius 3 is 1.84 bits per heavy atom. The second kappa shape index (κ2) is 13.6. The van der Waals surface area contributed by atoms with E-state index < -0.39 is 11.9 Å². The molecule has 236 valence electrons. The Morgan fingerprint density at radius 2 is 1.22 bits per heavy atom. The minimum absolute atomic E-state index is 0. The molecule has 45 heavy (non-hydrogen) atoms. The summed E-state index contributed by atoms with van der Waals surface area (Å²) in [5.41, 5.74) is 13.1. The Balaban J connectivity index is 0.00000461. The van der Waals surface area contributed by atoms with Crippen LogP contribution in [-0.4, -0.2) is 37.4 Å². The molecule has 2 N–H and O–H groups in total. The van der Waals surface area contributed by atoms with Crippen molar-refractivity contribution in [3.8, 4) is 0 Å². The first kappa shape index (κ1) is 34.6. The number of fused-ring (bicyclic) bond motifs is 8. The minimum Gasteiger partial charge on any atom is -0.657 e. The molecule has 5 heterocycles. The van der Waals surface area contributed by atoms with E-state index in [4.69, 9.17) is 45.2 Å². The first-order valence-electron chi connectivity index (χ1n) is 14.6. The van der Waals surface area contributed by atoms with E-state index in [1.807, 2.05) is 65.8 Å². The van der Waals surface area contributed by atoms with Crippen molar-refractivity contribution in [2.24, 2.45) is 0 Å². The van der Waals surface area contributed by atoms with E-state index in [1.165, 1.54) is 0 Å². The second-order valence-electron chi connectivity index (χ2n) is 11.5. The number of thiol groups is 2. The van der Waals surface area contributed by atoms with Crippen molar-refractivity contribution in [3.63, 3.8) is 0 Å². The van der Waals surface area contributed by atoms with Gasteiger partial charge in [0.25, 0.3) is 0 Å². The maximum absolute atomic E-state index is 11.6. The normalized spacial score (nSPS) is 14.4. The van der Waals surface area contributed by atoms with Gasteiger partial charge in [-0.2, -0.15) is 25.3 Å². The molecule has 2 atom stereocenters. The molecule has 5 rings (SSSR count). The fourth-order valence-corrected chi connectivity index (χ4v) is 6.80. The van der Waals surface area contributed by atoms with Gasteiger partial charge in [0.1, 0.15) is 0 Å². The topological polar surface area (TPSA) is 129 Å². The van der Waals surface area contributed by atoms with Gasteiger partial charge in [-0.05, 0) is 82.2 Å². The molecular formula is C34H36FeN4O4S2. The minimum atomic E-state index is -0.895. The van der Waals surface area contributed by atoms with E-state index in [1.54, 1.807) is 0 Å². The number of rotatable bonds is 8. The Hall–Kier alpha value is -3.24. The molecule has 2 aliphatic rings. The van der Waals surface area contributed by atoms with Gasteiger partial charge in [-0.15, -0.1) is 22.1 Å². The number of nitrogens with zero attached hydrogens (tertiary/aromatic N) is 4. The average Bonchev–Trinajstić information content (AvgIpc) is 3.59. The number of allylic oxidation sites excluding steroid dienone is 3. The molecule has 0 aliphatic carbocycles. The summed E-state index contributed by atoms with van der Waals surface area (Å²) in [6, 6.07) is 7.75. The molecule has 0 amide bonds. The molecule has 3 aromatic rings. The number of aliphatic carboxylic acids is 2. The Labute approximate surface area is 284 Å². The third-order valence-corrected chi connectivity index (χ3v) is 9.01. The molecule has 8 nitrogen and oxygen atoms in total. The zero-order chi connectivity index (χ0) is 32.0. The summed E-state index contributed by atoms with van der Waals surface area (Å²) in [6.45, 7) is 12.0. The predicted octanol–water partition coefficient (Wildman–Crippen LogP) is 7.24. The number of aryl methyl sites for hydroxylation is 3. The van der Waals surface area contributed by atoms with Crippen molar-refractivity contribution in [2.75, 3.05) is 0 Å². The smallest absolute Gasteiger partial charge is 0.657 e. The molecule has 0 saturated heterocycles. The van der Waals surface area contributed by atoms with Crippen LogP contribution in [0.15, 0.2) is 24.3 Å². The third kappa shape index (κ3) is 6.82. The number of hydrogen-bond donors (Lipinski definition) is 4. The van der Waals surface area contributed by atoms with Crippen molar-refractivity contribution in [1.29, 1.82) is 0 Å². The van der Waals surface area contributed by atoms with Crippen LogP contribution in [-0.2, 0) is 33.1 Å². The van der Waals surface area contributed by atoms with E-state index in [9.17, 15) is 19.8 Å². The van der Waals surface area contributed by atoms with Crippen LogP contribution in [0, 0.1) is 13.8 Å². The quantitative estimate of drug-likeness (QED) is 0.145. The van der Waals surface area contributed by atoms with E-state index in [-0.39, 0.29) is 40.4 Å². The molecule has 0 radical (unpaired) electrons. The fourth-order valence-electron chi connectivity index (χ4n) is 6.15. The average molecular weight is 685 g/mol. The van der Waals surface area contributed by atoms with Crippen LogP contribution >= 0.6 is 25.3 Å². The maximum Gasteiger partial charge on any atom is 2.00 e. The molecule has 2 aliphatic heterocycles. The Morgan fingerprint density at radius 1 is 0.711 bits per heavy atom. The summed E-state index contributed by atoms with van der Waals surface area (Å²) in [4.78, 5) is 43.1. The van der Waals surface area contributed by atoms with Crippen molar-refractivity contribution in [3.05, 3.63) is 69.3 Å². The Kier molecular flexibility index (Phi) is 10.5. The number of carbonyl (C=O) groups is 2. The van der Waals surface area contributed by atoms with E-state index in [2.05, 4.69) is 0 Å². The summed E-state index contributed by atoms with van der Waals surface area (Å²) >= 11 is 9.58. The van der Waals surface area contributed by atoms with Crippen LogP contribution in [0.2, 0.25) is 0 Å². The fraction of sp³-hybridized carbons (Fsp3) is 0.353. The van der Waals surface area contributed by atoms with Gasteiger partial charge < -0.3 is 20.2 Å². The summed E-state index contributed by atoms with van der Waals surface area (Å²) in [5, 5.41) is 18.8. The van der Waals surface area contributed by atoms with Gasteiger partial charge in [-0.1, -0.05) is 41.0 Å². The summed E-state index contributed by atoms with van der Waals surface area (Å²) in [5.74, 6) is -1.79. The monoisotopic (exact) mass is 684 g/mol. The van der Waals surface area contributed by atoms with Crippen molar-refractivity contribution in [2.45, 2.75) is 77.7 Å². The molecule has 0 unspecified atom stereocenters. The van der Waals surface area contributed by atoms with Gasteiger partial charge in [0.2, 0.25) is 0 Å². The van der Waals surface area contributed by atoms with Crippen molar-refractivity contribution >= 4 is 81.6 Å². The molecule has 11 heteroatoms. The van der Waals surface area contributed by atoms with E-state index in [0.29, 0.717) is 35.3 Å². The van der Waals surface area contributed by atoms with Gasteiger partial charge >= 0.3 is 29.0 Å². The molecule has 0 fully saturated rings. The van der Waals surface area contributed by atoms with Crippen LogP contribution in [0.1, 0.15) is 97.2 Å². The molecule has 0 spiro atoms. The molecule has 0 aromatic carbocycles.